The Morgan fingerprint density at radius 1 is 1.39 bits per heavy atom. The predicted octanol–water partition coefficient (Wildman–Crippen LogP) is 4.49. The molecule has 96 valence electrons. The van der Waals surface area contributed by atoms with E-state index in [2.05, 4.69) is 13.0 Å². The van der Waals surface area contributed by atoms with Crippen LogP contribution in [-0.4, -0.2) is 5.78 Å². The summed E-state index contributed by atoms with van der Waals surface area (Å²) in [6.45, 7) is 2.13. The number of nitrogens with zero attached hydrogens (tertiary/aromatic N) is 1. The molecule has 0 saturated heterocycles. The second-order valence-corrected chi connectivity index (χ2v) is 4.83. The van der Waals surface area contributed by atoms with Crippen molar-refractivity contribution in [2.45, 2.75) is 44.9 Å². The van der Waals surface area contributed by atoms with Gasteiger partial charge >= 0.3 is 0 Å². The summed E-state index contributed by atoms with van der Waals surface area (Å²) in [6, 6.07) is 9.06. The fourth-order valence-electron chi connectivity index (χ4n) is 1.89. The van der Waals surface area contributed by atoms with E-state index in [1.165, 1.54) is 0 Å². The summed E-state index contributed by atoms with van der Waals surface area (Å²) < 4.78 is 0. The van der Waals surface area contributed by atoms with Gasteiger partial charge in [0.05, 0.1) is 6.07 Å². The summed E-state index contributed by atoms with van der Waals surface area (Å²) in [4.78, 5) is 12.0. The first kappa shape index (κ1) is 14.7. The first-order chi connectivity index (χ1) is 8.69. The van der Waals surface area contributed by atoms with Gasteiger partial charge in [0.1, 0.15) is 5.92 Å². The number of halogens is 1. The lowest BCUT2D eigenvalue weighted by Gasteiger charge is -2.08. The highest BCUT2D eigenvalue weighted by Gasteiger charge is 2.19. The van der Waals surface area contributed by atoms with Crippen molar-refractivity contribution in [2.75, 3.05) is 0 Å². The van der Waals surface area contributed by atoms with Crippen molar-refractivity contribution in [2.24, 2.45) is 0 Å². The van der Waals surface area contributed by atoms with Crippen LogP contribution >= 0.6 is 11.6 Å². The van der Waals surface area contributed by atoms with Gasteiger partial charge in [-0.25, -0.2) is 0 Å². The molecular weight excluding hydrogens is 246 g/mol. The van der Waals surface area contributed by atoms with Gasteiger partial charge in [-0.3, -0.25) is 4.79 Å². The third-order valence-electron chi connectivity index (χ3n) is 2.91. The van der Waals surface area contributed by atoms with E-state index < -0.39 is 5.92 Å². The third-order valence-corrected chi connectivity index (χ3v) is 3.14. The van der Waals surface area contributed by atoms with Crippen LogP contribution in [0.3, 0.4) is 0 Å². The number of nitriles is 1. The molecule has 0 aliphatic heterocycles. The molecule has 2 nitrogen and oxygen atoms in total. The number of carbonyl (C=O) groups excluding carboxylic acids is 1. The topological polar surface area (TPSA) is 40.9 Å². The van der Waals surface area contributed by atoms with Crippen molar-refractivity contribution in [3.05, 3.63) is 34.9 Å². The summed E-state index contributed by atoms with van der Waals surface area (Å²) in [5.74, 6) is -0.679. The van der Waals surface area contributed by atoms with Crippen LogP contribution in [-0.2, 0) is 4.79 Å². The van der Waals surface area contributed by atoms with Crippen LogP contribution in [0.2, 0.25) is 5.02 Å². The molecule has 0 bridgehead atoms. The molecule has 0 heterocycles. The van der Waals surface area contributed by atoms with Crippen LogP contribution in [0.1, 0.15) is 50.5 Å². The lowest BCUT2D eigenvalue weighted by molar-refractivity contribution is -0.119. The molecule has 1 aromatic carbocycles. The molecule has 0 aliphatic rings. The molecule has 1 rings (SSSR count). The Kier molecular flexibility index (Phi) is 6.46. The minimum Gasteiger partial charge on any atom is -0.298 e. The normalized spacial score (nSPS) is 11.8. The minimum absolute atomic E-state index is 0.00382. The number of Topliss-reactive ketones (excluding diaryl/α,β-unsaturated/α-hetero) is 1. The number of hydrogen-bond acceptors (Lipinski definition) is 2. The molecular formula is C15H18ClNO. The maximum absolute atomic E-state index is 12.0. The molecule has 0 aliphatic carbocycles. The fraction of sp³-hybridized carbons (Fsp3) is 0.467. The van der Waals surface area contributed by atoms with Gasteiger partial charge < -0.3 is 0 Å². The Labute approximate surface area is 114 Å². The van der Waals surface area contributed by atoms with E-state index in [0.717, 1.165) is 25.7 Å². The SMILES string of the molecule is CCCCCCC(=O)C(C#N)c1cccc(Cl)c1. The van der Waals surface area contributed by atoms with Crippen molar-refractivity contribution in [3.63, 3.8) is 0 Å². The van der Waals surface area contributed by atoms with E-state index in [0.29, 0.717) is 17.0 Å². The third kappa shape index (κ3) is 4.50. The first-order valence-electron chi connectivity index (χ1n) is 6.36. The van der Waals surface area contributed by atoms with E-state index in [4.69, 9.17) is 16.9 Å². The van der Waals surface area contributed by atoms with E-state index in [1.54, 1.807) is 24.3 Å². The van der Waals surface area contributed by atoms with Crippen molar-refractivity contribution in [3.8, 4) is 6.07 Å². The smallest absolute Gasteiger partial charge is 0.154 e. The van der Waals surface area contributed by atoms with Gasteiger partial charge in [0, 0.05) is 11.4 Å². The van der Waals surface area contributed by atoms with Crippen LogP contribution in [0.4, 0.5) is 0 Å². The zero-order valence-corrected chi connectivity index (χ0v) is 11.4. The van der Waals surface area contributed by atoms with E-state index in [1.807, 2.05) is 0 Å². The molecule has 1 aromatic rings. The average Bonchev–Trinajstić information content (AvgIpc) is 2.36. The second-order valence-electron chi connectivity index (χ2n) is 4.39. The molecule has 0 spiro atoms. The molecule has 18 heavy (non-hydrogen) atoms. The summed E-state index contributed by atoms with van der Waals surface area (Å²) >= 11 is 5.88. The summed E-state index contributed by atoms with van der Waals surface area (Å²) in [6.07, 6.45) is 4.68. The molecule has 1 atom stereocenters. The molecule has 0 aromatic heterocycles. The fourth-order valence-corrected chi connectivity index (χ4v) is 2.09. The monoisotopic (exact) mass is 263 g/mol. The van der Waals surface area contributed by atoms with E-state index >= 15 is 0 Å². The molecule has 3 heteroatoms. The van der Waals surface area contributed by atoms with Crippen molar-refractivity contribution < 1.29 is 4.79 Å². The van der Waals surface area contributed by atoms with E-state index in [9.17, 15) is 4.79 Å². The number of hydrogen-bond donors (Lipinski definition) is 0. The zero-order valence-electron chi connectivity index (χ0n) is 10.7. The highest BCUT2D eigenvalue weighted by Crippen LogP contribution is 2.22. The van der Waals surface area contributed by atoms with E-state index in [-0.39, 0.29) is 5.78 Å². The van der Waals surface area contributed by atoms with Crippen LogP contribution in [0.25, 0.3) is 0 Å². The largest absolute Gasteiger partial charge is 0.298 e. The van der Waals surface area contributed by atoms with Gasteiger partial charge in [-0.05, 0) is 24.1 Å². The number of ketones is 1. The molecule has 0 amide bonds. The standard InChI is InChI=1S/C15H18ClNO/c1-2-3-4-5-9-15(18)14(11-17)12-7-6-8-13(16)10-12/h6-8,10,14H,2-5,9H2,1H3. The Bertz CT molecular complexity index is 436. The molecule has 0 N–H and O–H groups in total. The van der Waals surface area contributed by atoms with Crippen molar-refractivity contribution >= 4 is 17.4 Å². The highest BCUT2D eigenvalue weighted by molar-refractivity contribution is 6.30. The first-order valence-corrected chi connectivity index (χ1v) is 6.74. The average molecular weight is 264 g/mol. The molecule has 1 unspecified atom stereocenters. The maximum Gasteiger partial charge on any atom is 0.154 e. The lowest BCUT2D eigenvalue weighted by Crippen LogP contribution is -2.10. The molecule has 0 radical (unpaired) electrons. The highest BCUT2D eigenvalue weighted by atomic mass is 35.5. The Morgan fingerprint density at radius 2 is 2.17 bits per heavy atom. The number of carbonyl (C=O) groups is 1. The molecule has 0 fully saturated rings. The molecule has 0 saturated carbocycles. The Morgan fingerprint density at radius 3 is 2.78 bits per heavy atom. The summed E-state index contributed by atoms with van der Waals surface area (Å²) in [5, 5.41) is 9.69. The maximum atomic E-state index is 12.0. The zero-order chi connectivity index (χ0) is 13.4. The number of rotatable bonds is 7. The van der Waals surface area contributed by atoms with Crippen molar-refractivity contribution in [1.29, 1.82) is 5.26 Å². The minimum atomic E-state index is -0.676. The second kappa shape index (κ2) is 7.89. The number of benzene rings is 1. The van der Waals surface area contributed by atoms with Gasteiger partial charge in [0.15, 0.2) is 5.78 Å². The van der Waals surface area contributed by atoms with Gasteiger partial charge in [-0.15, -0.1) is 0 Å². The van der Waals surface area contributed by atoms with Gasteiger partial charge in [-0.1, -0.05) is 49.9 Å². The lowest BCUT2D eigenvalue weighted by atomic mass is 9.93. The quantitative estimate of drug-likeness (QED) is 0.680. The Balaban J connectivity index is 2.61. The van der Waals surface area contributed by atoms with Crippen molar-refractivity contribution in [1.82, 2.24) is 0 Å². The number of unbranched alkanes of at least 4 members (excludes halogenated alkanes) is 3. The summed E-state index contributed by atoms with van der Waals surface area (Å²) in [7, 11) is 0. The van der Waals surface area contributed by atoms with Crippen LogP contribution < -0.4 is 0 Å². The Hall–Kier alpha value is -1.33. The van der Waals surface area contributed by atoms with Crippen LogP contribution in [0, 0.1) is 11.3 Å². The van der Waals surface area contributed by atoms with Gasteiger partial charge in [0.25, 0.3) is 0 Å². The van der Waals surface area contributed by atoms with Crippen LogP contribution in [0.5, 0.6) is 0 Å². The summed E-state index contributed by atoms with van der Waals surface area (Å²) in [5.41, 5.74) is 0.700. The van der Waals surface area contributed by atoms with Crippen LogP contribution in [0.15, 0.2) is 24.3 Å². The van der Waals surface area contributed by atoms with Gasteiger partial charge in [-0.2, -0.15) is 5.26 Å². The van der Waals surface area contributed by atoms with Gasteiger partial charge in [0.2, 0.25) is 0 Å². The predicted molar refractivity (Wildman–Crippen MR) is 73.6 cm³/mol.